The van der Waals surface area contributed by atoms with Crippen LogP contribution in [0.25, 0.3) is 0 Å². The van der Waals surface area contributed by atoms with Gasteiger partial charge in [-0.3, -0.25) is 9.59 Å². The minimum atomic E-state index is -1.07. The van der Waals surface area contributed by atoms with Gasteiger partial charge in [-0.05, 0) is 43.9 Å². The van der Waals surface area contributed by atoms with E-state index in [4.69, 9.17) is 0 Å². The topological polar surface area (TPSA) is 86.7 Å². The lowest BCUT2D eigenvalue weighted by Gasteiger charge is -2.31. The van der Waals surface area contributed by atoms with Crippen molar-refractivity contribution in [3.63, 3.8) is 0 Å². The van der Waals surface area contributed by atoms with Gasteiger partial charge in [-0.25, -0.2) is 4.79 Å². The smallest absolute Gasteiger partial charge is 0.337 e. The third-order valence-electron chi connectivity index (χ3n) is 5.35. The van der Waals surface area contributed by atoms with E-state index in [1.165, 1.54) is 0 Å². The predicted molar refractivity (Wildman–Crippen MR) is 111 cm³/mol. The molecule has 2 aromatic carbocycles. The fourth-order valence-corrected chi connectivity index (χ4v) is 3.62. The molecule has 29 heavy (non-hydrogen) atoms. The number of piperidine rings is 1. The van der Waals surface area contributed by atoms with Gasteiger partial charge in [0.25, 0.3) is 0 Å². The first-order chi connectivity index (χ1) is 13.9. The van der Waals surface area contributed by atoms with E-state index in [9.17, 15) is 19.5 Å². The molecule has 0 radical (unpaired) electrons. The molecule has 152 valence electrons. The predicted octanol–water partition coefficient (Wildman–Crippen LogP) is 3.50. The Labute approximate surface area is 170 Å². The van der Waals surface area contributed by atoms with E-state index in [1.807, 2.05) is 42.2 Å². The van der Waals surface area contributed by atoms with Crippen molar-refractivity contribution >= 4 is 23.5 Å². The summed E-state index contributed by atoms with van der Waals surface area (Å²) in [5.74, 6) is -1.37. The van der Waals surface area contributed by atoms with E-state index < -0.39 is 5.97 Å². The normalized spacial score (nSPS) is 14.4. The highest BCUT2D eigenvalue weighted by molar-refractivity contribution is 6.01. The lowest BCUT2D eigenvalue weighted by atomic mass is 9.95. The number of carboxylic acids is 1. The van der Waals surface area contributed by atoms with Crippen molar-refractivity contribution in [1.29, 1.82) is 0 Å². The van der Waals surface area contributed by atoms with Gasteiger partial charge in [-0.2, -0.15) is 0 Å². The van der Waals surface area contributed by atoms with Crippen LogP contribution in [0, 0.1) is 12.8 Å². The van der Waals surface area contributed by atoms with E-state index >= 15 is 0 Å². The number of aryl methyl sites for hydroxylation is 2. The van der Waals surface area contributed by atoms with Crippen molar-refractivity contribution < 1.29 is 19.5 Å². The van der Waals surface area contributed by atoms with Crippen LogP contribution in [-0.4, -0.2) is 40.9 Å². The highest BCUT2D eigenvalue weighted by atomic mass is 16.4. The zero-order valence-electron chi connectivity index (χ0n) is 16.6. The summed E-state index contributed by atoms with van der Waals surface area (Å²) < 4.78 is 0. The van der Waals surface area contributed by atoms with Gasteiger partial charge in [0.2, 0.25) is 11.8 Å². The molecule has 1 aliphatic heterocycles. The number of likely N-dealkylation sites (tertiary alicyclic amines) is 1. The third-order valence-corrected chi connectivity index (χ3v) is 5.35. The fraction of sp³-hybridized carbons (Fsp3) is 0.348. The van der Waals surface area contributed by atoms with Gasteiger partial charge >= 0.3 is 5.97 Å². The SMILES string of the molecule is Cc1ccc(NC(=O)C2CCN(C(=O)CCc3ccccc3)CC2)c(C(=O)O)c1. The fourth-order valence-electron chi connectivity index (χ4n) is 3.62. The number of carboxylic acid groups (broad SMARTS) is 1. The van der Waals surface area contributed by atoms with Crippen LogP contribution in [0.2, 0.25) is 0 Å². The molecule has 6 heteroatoms. The van der Waals surface area contributed by atoms with E-state index in [1.54, 1.807) is 18.2 Å². The molecule has 0 saturated carbocycles. The summed E-state index contributed by atoms with van der Waals surface area (Å²) in [6.07, 6.45) is 2.34. The Morgan fingerprint density at radius 3 is 2.41 bits per heavy atom. The number of rotatable bonds is 6. The first-order valence-electron chi connectivity index (χ1n) is 9.90. The van der Waals surface area contributed by atoms with Gasteiger partial charge in [-0.15, -0.1) is 0 Å². The summed E-state index contributed by atoms with van der Waals surface area (Å²) in [7, 11) is 0. The Hall–Kier alpha value is -3.15. The molecule has 0 spiro atoms. The molecule has 0 aromatic heterocycles. The molecule has 1 aliphatic rings. The molecule has 0 unspecified atom stereocenters. The molecule has 2 N–H and O–H groups in total. The van der Waals surface area contributed by atoms with Crippen LogP contribution in [0.5, 0.6) is 0 Å². The summed E-state index contributed by atoms with van der Waals surface area (Å²) >= 11 is 0. The van der Waals surface area contributed by atoms with Crippen LogP contribution < -0.4 is 5.32 Å². The molecule has 0 aliphatic carbocycles. The van der Waals surface area contributed by atoms with Crippen molar-refractivity contribution in [3.05, 3.63) is 65.2 Å². The first kappa shape index (κ1) is 20.6. The van der Waals surface area contributed by atoms with E-state index in [2.05, 4.69) is 5.32 Å². The molecule has 2 amide bonds. The minimum Gasteiger partial charge on any atom is -0.478 e. The molecule has 6 nitrogen and oxygen atoms in total. The molecule has 0 bridgehead atoms. The number of amides is 2. The zero-order chi connectivity index (χ0) is 20.8. The second-order valence-corrected chi connectivity index (χ2v) is 7.48. The van der Waals surface area contributed by atoms with Crippen LogP contribution in [0.15, 0.2) is 48.5 Å². The second-order valence-electron chi connectivity index (χ2n) is 7.48. The van der Waals surface area contributed by atoms with E-state index in [0.29, 0.717) is 44.5 Å². The average molecular weight is 394 g/mol. The maximum atomic E-state index is 12.6. The molecule has 1 heterocycles. The van der Waals surface area contributed by atoms with Gasteiger partial charge in [0.15, 0.2) is 0 Å². The molecular weight excluding hydrogens is 368 g/mol. The van der Waals surface area contributed by atoms with Crippen LogP contribution in [0.1, 0.15) is 40.7 Å². The number of carbonyl (C=O) groups excluding carboxylic acids is 2. The summed E-state index contributed by atoms with van der Waals surface area (Å²) in [5, 5.41) is 12.1. The van der Waals surface area contributed by atoms with Gasteiger partial charge < -0.3 is 15.3 Å². The maximum absolute atomic E-state index is 12.6. The Kier molecular flexibility index (Phi) is 6.65. The highest BCUT2D eigenvalue weighted by Crippen LogP contribution is 2.23. The van der Waals surface area contributed by atoms with Crippen molar-refractivity contribution in [2.75, 3.05) is 18.4 Å². The number of nitrogens with zero attached hydrogens (tertiary/aromatic N) is 1. The number of carbonyl (C=O) groups is 3. The van der Waals surface area contributed by atoms with Gasteiger partial charge in [0.05, 0.1) is 11.3 Å². The van der Waals surface area contributed by atoms with Crippen LogP contribution >= 0.6 is 0 Å². The first-order valence-corrected chi connectivity index (χ1v) is 9.90. The highest BCUT2D eigenvalue weighted by Gasteiger charge is 2.28. The summed E-state index contributed by atoms with van der Waals surface area (Å²) in [5.41, 5.74) is 2.37. The lowest BCUT2D eigenvalue weighted by Crippen LogP contribution is -2.41. The Morgan fingerprint density at radius 1 is 1.07 bits per heavy atom. The van der Waals surface area contributed by atoms with Crippen LogP contribution in [0.3, 0.4) is 0 Å². The maximum Gasteiger partial charge on any atom is 0.337 e. The summed E-state index contributed by atoms with van der Waals surface area (Å²) in [6, 6.07) is 14.9. The number of anilines is 1. The lowest BCUT2D eigenvalue weighted by molar-refractivity contribution is -0.134. The van der Waals surface area contributed by atoms with Crippen molar-refractivity contribution in [3.8, 4) is 0 Å². The van der Waals surface area contributed by atoms with Gasteiger partial charge in [-0.1, -0.05) is 42.0 Å². The Bertz CT molecular complexity index is 887. The Balaban J connectivity index is 1.51. The Morgan fingerprint density at radius 2 is 1.76 bits per heavy atom. The number of hydrogen-bond donors (Lipinski definition) is 2. The number of hydrogen-bond acceptors (Lipinski definition) is 3. The minimum absolute atomic E-state index is 0.0897. The number of aromatic carboxylic acids is 1. The summed E-state index contributed by atoms with van der Waals surface area (Å²) in [6.45, 7) is 2.90. The molecule has 1 saturated heterocycles. The van der Waals surface area contributed by atoms with Crippen LogP contribution in [0.4, 0.5) is 5.69 Å². The largest absolute Gasteiger partial charge is 0.478 e. The quantitative estimate of drug-likeness (QED) is 0.785. The molecular formula is C23H26N2O4. The van der Waals surface area contributed by atoms with Crippen molar-refractivity contribution in [1.82, 2.24) is 4.90 Å². The molecule has 1 fully saturated rings. The summed E-state index contributed by atoms with van der Waals surface area (Å²) in [4.78, 5) is 38.3. The van der Waals surface area contributed by atoms with Crippen molar-refractivity contribution in [2.24, 2.45) is 5.92 Å². The molecule has 2 aromatic rings. The molecule has 0 atom stereocenters. The second kappa shape index (κ2) is 9.37. The monoisotopic (exact) mass is 394 g/mol. The standard InChI is InChI=1S/C23H26N2O4/c1-16-7-9-20(19(15-16)23(28)29)24-22(27)18-11-13-25(14-12-18)21(26)10-8-17-5-3-2-4-6-17/h2-7,9,15,18H,8,10-14H2,1H3,(H,24,27)(H,28,29). The van der Waals surface area contributed by atoms with Gasteiger partial charge in [0, 0.05) is 25.4 Å². The zero-order valence-corrected chi connectivity index (χ0v) is 16.6. The average Bonchev–Trinajstić information content (AvgIpc) is 2.74. The van der Waals surface area contributed by atoms with E-state index in [0.717, 1.165) is 11.1 Å². The number of nitrogens with one attached hydrogen (secondary N) is 1. The number of benzene rings is 2. The third kappa shape index (κ3) is 5.44. The van der Waals surface area contributed by atoms with Gasteiger partial charge in [0.1, 0.15) is 0 Å². The van der Waals surface area contributed by atoms with Crippen molar-refractivity contribution in [2.45, 2.75) is 32.6 Å². The van der Waals surface area contributed by atoms with Crippen LogP contribution in [-0.2, 0) is 16.0 Å². The van der Waals surface area contributed by atoms with E-state index in [-0.39, 0.29) is 23.3 Å². The molecule has 3 rings (SSSR count).